The third-order valence-electron chi connectivity index (χ3n) is 3.78. The van der Waals surface area contributed by atoms with E-state index in [1.807, 2.05) is 0 Å². The van der Waals surface area contributed by atoms with Crippen molar-refractivity contribution in [2.75, 3.05) is 39.0 Å². The largest absolute Gasteiger partial charge is 0.356 e. The number of nitrogens with one attached hydrogen (secondary N) is 3. The van der Waals surface area contributed by atoms with E-state index >= 15 is 0 Å². The molecule has 0 aromatic rings. The summed E-state index contributed by atoms with van der Waals surface area (Å²) in [7, 11) is -1.35. The van der Waals surface area contributed by atoms with E-state index in [1.54, 1.807) is 14.0 Å². The van der Waals surface area contributed by atoms with Crippen LogP contribution in [0.15, 0.2) is 4.99 Å². The van der Waals surface area contributed by atoms with Crippen molar-refractivity contribution in [1.82, 2.24) is 20.3 Å². The van der Waals surface area contributed by atoms with Crippen molar-refractivity contribution in [3.05, 3.63) is 0 Å². The van der Waals surface area contributed by atoms with Crippen molar-refractivity contribution in [2.24, 2.45) is 4.99 Å². The van der Waals surface area contributed by atoms with Gasteiger partial charge in [-0.3, -0.25) is 9.89 Å². The second-order valence-electron chi connectivity index (χ2n) is 6.36. The molecule has 0 fully saturated rings. The summed E-state index contributed by atoms with van der Waals surface area (Å²) < 4.78 is 25.2. The van der Waals surface area contributed by atoms with Gasteiger partial charge in [0.05, 0.1) is 5.75 Å². The van der Waals surface area contributed by atoms with Crippen LogP contribution in [0.3, 0.4) is 0 Å². The molecule has 0 aliphatic rings. The molecule has 0 spiro atoms. The van der Waals surface area contributed by atoms with Gasteiger partial charge in [-0.15, -0.1) is 0 Å². The van der Waals surface area contributed by atoms with Crippen molar-refractivity contribution >= 4 is 16.0 Å². The summed E-state index contributed by atoms with van der Waals surface area (Å²) in [5, 5.41) is 6.49. The van der Waals surface area contributed by atoms with Crippen LogP contribution in [0.4, 0.5) is 0 Å². The van der Waals surface area contributed by atoms with Gasteiger partial charge < -0.3 is 10.6 Å². The first-order valence-corrected chi connectivity index (χ1v) is 10.6. The monoisotopic (exact) mass is 363 g/mol. The lowest BCUT2D eigenvalue weighted by molar-refractivity contribution is 0.173. The van der Waals surface area contributed by atoms with Crippen molar-refractivity contribution in [2.45, 2.75) is 59.5 Å². The molecule has 0 amide bonds. The molecule has 0 aliphatic carbocycles. The van der Waals surface area contributed by atoms with E-state index in [0.29, 0.717) is 31.6 Å². The summed E-state index contributed by atoms with van der Waals surface area (Å²) >= 11 is 0. The number of hydrogen-bond donors (Lipinski definition) is 3. The van der Waals surface area contributed by atoms with Crippen LogP contribution in [0.25, 0.3) is 0 Å². The van der Waals surface area contributed by atoms with E-state index in [9.17, 15) is 8.42 Å². The lowest BCUT2D eigenvalue weighted by Crippen LogP contribution is -2.42. The minimum Gasteiger partial charge on any atom is -0.356 e. The highest BCUT2D eigenvalue weighted by Crippen LogP contribution is 2.05. The van der Waals surface area contributed by atoms with Gasteiger partial charge in [0.25, 0.3) is 0 Å². The highest BCUT2D eigenvalue weighted by molar-refractivity contribution is 7.89. The van der Waals surface area contributed by atoms with Gasteiger partial charge in [0.1, 0.15) is 0 Å². The molecule has 0 bridgehead atoms. The molecule has 144 valence electrons. The Labute approximate surface area is 148 Å². The molecule has 7 nitrogen and oxygen atoms in total. The molecule has 0 aromatic carbocycles. The Morgan fingerprint density at radius 1 is 1.00 bits per heavy atom. The van der Waals surface area contributed by atoms with Gasteiger partial charge in [-0.25, -0.2) is 13.1 Å². The molecule has 3 N–H and O–H groups in total. The number of hydrogen-bond acceptors (Lipinski definition) is 4. The average Bonchev–Trinajstić information content (AvgIpc) is 2.51. The number of nitrogens with zero attached hydrogens (tertiary/aromatic N) is 2. The molecule has 0 atom stereocenters. The van der Waals surface area contributed by atoms with Gasteiger partial charge in [-0.1, -0.05) is 0 Å². The topological polar surface area (TPSA) is 85.8 Å². The minimum absolute atomic E-state index is 0.118. The average molecular weight is 364 g/mol. The fourth-order valence-corrected chi connectivity index (χ4v) is 3.09. The molecule has 0 saturated carbocycles. The second-order valence-corrected chi connectivity index (χ2v) is 8.45. The zero-order valence-electron chi connectivity index (χ0n) is 16.2. The SMILES string of the molecule is CCS(=O)(=O)NCCCNC(=NC)NCCCN(C(C)C)C(C)C. The summed E-state index contributed by atoms with van der Waals surface area (Å²) in [6, 6.07) is 1.10. The quantitative estimate of drug-likeness (QED) is 0.273. The van der Waals surface area contributed by atoms with Gasteiger partial charge in [0, 0.05) is 45.3 Å². The zero-order chi connectivity index (χ0) is 18.6. The normalized spacial score (nSPS) is 13.1. The molecule has 24 heavy (non-hydrogen) atoms. The number of rotatable bonds is 12. The standard InChI is InChI=1S/C16H37N5O2S/c1-7-24(22,23)20-12-8-10-18-16(17-6)19-11-9-13-21(14(2)3)15(4)5/h14-15,20H,7-13H2,1-6H3,(H2,17,18,19). The maximum Gasteiger partial charge on any atom is 0.211 e. The second kappa shape index (κ2) is 12.5. The Morgan fingerprint density at radius 2 is 1.54 bits per heavy atom. The van der Waals surface area contributed by atoms with Gasteiger partial charge in [-0.2, -0.15) is 0 Å². The van der Waals surface area contributed by atoms with Gasteiger partial charge >= 0.3 is 0 Å². The van der Waals surface area contributed by atoms with E-state index in [0.717, 1.165) is 25.5 Å². The minimum atomic E-state index is -3.09. The van der Waals surface area contributed by atoms with Crippen LogP contribution >= 0.6 is 0 Å². The van der Waals surface area contributed by atoms with E-state index in [4.69, 9.17) is 0 Å². The first-order chi connectivity index (χ1) is 11.2. The highest BCUT2D eigenvalue weighted by atomic mass is 32.2. The van der Waals surface area contributed by atoms with Crippen LogP contribution in [0.2, 0.25) is 0 Å². The lowest BCUT2D eigenvalue weighted by atomic mass is 10.2. The van der Waals surface area contributed by atoms with Crippen molar-refractivity contribution in [3.63, 3.8) is 0 Å². The Kier molecular flexibility index (Phi) is 12.0. The molecule has 0 heterocycles. The fourth-order valence-electron chi connectivity index (χ4n) is 2.43. The first-order valence-electron chi connectivity index (χ1n) is 8.91. The van der Waals surface area contributed by atoms with E-state index in [2.05, 4.69) is 52.9 Å². The molecule has 0 unspecified atom stereocenters. The summed E-state index contributed by atoms with van der Waals surface area (Å²) in [6.45, 7) is 13.6. The van der Waals surface area contributed by atoms with Crippen LogP contribution in [0.1, 0.15) is 47.5 Å². The first kappa shape index (κ1) is 23.1. The maximum absolute atomic E-state index is 11.3. The Balaban J connectivity index is 3.89. The van der Waals surface area contributed by atoms with Crippen LogP contribution in [-0.4, -0.2) is 70.3 Å². The molecule has 0 rings (SSSR count). The Hall–Kier alpha value is -0.860. The highest BCUT2D eigenvalue weighted by Gasteiger charge is 2.12. The number of sulfonamides is 1. The summed E-state index contributed by atoms with van der Waals surface area (Å²) in [6.07, 6.45) is 1.77. The molecular weight excluding hydrogens is 326 g/mol. The number of guanidine groups is 1. The van der Waals surface area contributed by atoms with E-state index in [-0.39, 0.29) is 5.75 Å². The van der Waals surface area contributed by atoms with Crippen LogP contribution in [0, 0.1) is 0 Å². The molecular formula is C16H37N5O2S. The number of aliphatic imine (C=N–C) groups is 1. The van der Waals surface area contributed by atoms with Crippen molar-refractivity contribution in [1.29, 1.82) is 0 Å². The molecule has 0 radical (unpaired) electrons. The summed E-state index contributed by atoms with van der Waals surface area (Å²) in [5.41, 5.74) is 0. The van der Waals surface area contributed by atoms with Gasteiger partial charge in [-0.05, 0) is 47.5 Å². The summed E-state index contributed by atoms with van der Waals surface area (Å²) in [4.78, 5) is 6.65. The van der Waals surface area contributed by atoms with Crippen LogP contribution < -0.4 is 15.4 Å². The Bertz CT molecular complexity index is 441. The van der Waals surface area contributed by atoms with Crippen molar-refractivity contribution < 1.29 is 8.42 Å². The third kappa shape index (κ3) is 10.8. The van der Waals surface area contributed by atoms with Gasteiger partial charge in [0.15, 0.2) is 5.96 Å². The maximum atomic E-state index is 11.3. The molecule has 0 aromatic heterocycles. The van der Waals surface area contributed by atoms with Crippen LogP contribution in [-0.2, 0) is 10.0 Å². The molecule has 0 aliphatic heterocycles. The summed E-state index contributed by atoms with van der Waals surface area (Å²) in [5.74, 6) is 0.877. The third-order valence-corrected chi connectivity index (χ3v) is 5.19. The molecule has 8 heteroatoms. The molecule has 0 saturated heterocycles. The van der Waals surface area contributed by atoms with Gasteiger partial charge in [0.2, 0.25) is 10.0 Å². The van der Waals surface area contributed by atoms with Crippen molar-refractivity contribution in [3.8, 4) is 0 Å². The zero-order valence-corrected chi connectivity index (χ0v) is 17.0. The van der Waals surface area contributed by atoms with Crippen LogP contribution in [0.5, 0.6) is 0 Å². The predicted molar refractivity (Wildman–Crippen MR) is 103 cm³/mol. The van der Waals surface area contributed by atoms with E-state index in [1.165, 1.54) is 0 Å². The smallest absolute Gasteiger partial charge is 0.211 e. The van der Waals surface area contributed by atoms with E-state index < -0.39 is 10.0 Å². The predicted octanol–water partition coefficient (Wildman–Crippen LogP) is 0.990. The fraction of sp³-hybridized carbons (Fsp3) is 0.938. The lowest BCUT2D eigenvalue weighted by Gasteiger charge is -2.30. The Morgan fingerprint density at radius 3 is 2.00 bits per heavy atom.